The summed E-state index contributed by atoms with van der Waals surface area (Å²) in [6, 6.07) is 10.3. The highest BCUT2D eigenvalue weighted by molar-refractivity contribution is 5.78. The van der Waals surface area contributed by atoms with Crippen molar-refractivity contribution in [3.05, 3.63) is 54.0 Å². The van der Waals surface area contributed by atoms with E-state index in [0.717, 1.165) is 42.7 Å². The summed E-state index contributed by atoms with van der Waals surface area (Å²) in [6.45, 7) is 4.66. The third-order valence-corrected chi connectivity index (χ3v) is 3.33. The van der Waals surface area contributed by atoms with E-state index in [-0.39, 0.29) is 0 Å². The van der Waals surface area contributed by atoms with Gasteiger partial charge in [-0.15, -0.1) is 5.10 Å². The highest BCUT2D eigenvalue weighted by atomic mass is 15.4. The van der Waals surface area contributed by atoms with Gasteiger partial charge < -0.3 is 5.32 Å². The second-order valence-corrected chi connectivity index (χ2v) is 5.11. The Bertz CT molecular complexity index is 719. The van der Waals surface area contributed by atoms with Gasteiger partial charge >= 0.3 is 0 Å². The molecule has 0 saturated carbocycles. The van der Waals surface area contributed by atoms with Crippen molar-refractivity contribution >= 4 is 10.9 Å². The number of fused-ring (bicyclic) bond motifs is 1. The van der Waals surface area contributed by atoms with Crippen molar-refractivity contribution in [2.45, 2.75) is 26.4 Å². The Morgan fingerprint density at radius 1 is 1.24 bits per heavy atom. The van der Waals surface area contributed by atoms with Crippen molar-refractivity contribution < 1.29 is 0 Å². The molecule has 108 valence electrons. The Hall–Kier alpha value is -2.27. The normalized spacial score (nSPS) is 11.1. The molecule has 2 heterocycles. The largest absolute Gasteiger partial charge is 0.311 e. The summed E-state index contributed by atoms with van der Waals surface area (Å²) in [5.41, 5.74) is 3.20. The van der Waals surface area contributed by atoms with E-state index in [9.17, 15) is 0 Å². The van der Waals surface area contributed by atoms with E-state index >= 15 is 0 Å². The van der Waals surface area contributed by atoms with Gasteiger partial charge in [0, 0.05) is 18.1 Å². The Labute approximate surface area is 124 Å². The number of hydrogen-bond donors (Lipinski definition) is 1. The minimum Gasteiger partial charge on any atom is -0.311 e. The van der Waals surface area contributed by atoms with Crippen LogP contribution < -0.4 is 5.32 Å². The van der Waals surface area contributed by atoms with E-state index in [2.05, 4.69) is 45.7 Å². The van der Waals surface area contributed by atoms with Gasteiger partial charge in [-0.05, 0) is 36.7 Å². The van der Waals surface area contributed by atoms with Crippen LogP contribution in [0.15, 0.2) is 42.7 Å². The summed E-state index contributed by atoms with van der Waals surface area (Å²) in [4.78, 5) is 4.33. The molecule has 21 heavy (non-hydrogen) atoms. The molecule has 0 radical (unpaired) electrons. The van der Waals surface area contributed by atoms with Crippen LogP contribution in [0, 0.1) is 0 Å². The van der Waals surface area contributed by atoms with Crippen molar-refractivity contribution in [3.8, 4) is 0 Å². The van der Waals surface area contributed by atoms with Gasteiger partial charge in [0.15, 0.2) is 0 Å². The maximum absolute atomic E-state index is 4.33. The standard InChI is InChI=1S/C16H19N5/c1-2-7-17-10-15-12-21(20-19-15)11-13-5-6-16-14(9-13)4-3-8-18-16/h3-6,8-9,12,17H,2,7,10-11H2,1H3. The van der Waals surface area contributed by atoms with Crippen molar-refractivity contribution in [3.63, 3.8) is 0 Å². The van der Waals surface area contributed by atoms with Crippen molar-refractivity contribution in [2.75, 3.05) is 6.54 Å². The minimum absolute atomic E-state index is 0.728. The second-order valence-electron chi connectivity index (χ2n) is 5.11. The lowest BCUT2D eigenvalue weighted by molar-refractivity contribution is 0.645. The molecule has 0 aliphatic carbocycles. The monoisotopic (exact) mass is 281 g/mol. The van der Waals surface area contributed by atoms with E-state index < -0.39 is 0 Å². The lowest BCUT2D eigenvalue weighted by Crippen LogP contribution is -2.13. The van der Waals surface area contributed by atoms with E-state index in [4.69, 9.17) is 0 Å². The van der Waals surface area contributed by atoms with E-state index in [1.807, 2.05) is 29.2 Å². The van der Waals surface area contributed by atoms with Gasteiger partial charge in [-0.3, -0.25) is 4.98 Å². The number of hydrogen-bond acceptors (Lipinski definition) is 4. The average Bonchev–Trinajstić information content (AvgIpc) is 2.95. The van der Waals surface area contributed by atoms with Gasteiger partial charge in [0.2, 0.25) is 0 Å². The zero-order valence-electron chi connectivity index (χ0n) is 12.2. The molecule has 5 heteroatoms. The molecular formula is C16H19N5. The van der Waals surface area contributed by atoms with Crippen LogP contribution in [0.5, 0.6) is 0 Å². The lowest BCUT2D eigenvalue weighted by Gasteiger charge is -2.03. The van der Waals surface area contributed by atoms with Crippen LogP contribution in [0.4, 0.5) is 0 Å². The second kappa shape index (κ2) is 6.45. The average molecular weight is 281 g/mol. The van der Waals surface area contributed by atoms with Gasteiger partial charge in [0.05, 0.1) is 24.0 Å². The van der Waals surface area contributed by atoms with Crippen LogP contribution in [0.3, 0.4) is 0 Å². The maximum Gasteiger partial charge on any atom is 0.0964 e. The summed E-state index contributed by atoms with van der Waals surface area (Å²) >= 11 is 0. The van der Waals surface area contributed by atoms with Crippen LogP contribution in [-0.4, -0.2) is 26.5 Å². The molecule has 0 aliphatic rings. The van der Waals surface area contributed by atoms with Gasteiger partial charge in [0.1, 0.15) is 0 Å². The summed E-state index contributed by atoms with van der Waals surface area (Å²) in [6.07, 6.45) is 4.93. The lowest BCUT2D eigenvalue weighted by atomic mass is 10.1. The first-order valence-corrected chi connectivity index (χ1v) is 7.28. The SMILES string of the molecule is CCCNCc1cn(Cc2ccc3ncccc3c2)nn1. The molecule has 2 aromatic heterocycles. The first-order valence-electron chi connectivity index (χ1n) is 7.28. The number of aromatic nitrogens is 4. The van der Waals surface area contributed by atoms with Crippen LogP contribution in [0.2, 0.25) is 0 Å². The predicted octanol–water partition coefficient (Wildman–Crippen LogP) is 2.37. The number of pyridine rings is 1. The quantitative estimate of drug-likeness (QED) is 0.705. The molecule has 0 amide bonds. The predicted molar refractivity (Wildman–Crippen MR) is 82.9 cm³/mol. The van der Waals surface area contributed by atoms with Gasteiger partial charge in [-0.2, -0.15) is 0 Å². The third-order valence-electron chi connectivity index (χ3n) is 3.33. The molecule has 0 saturated heterocycles. The summed E-state index contributed by atoms with van der Waals surface area (Å²) in [5.74, 6) is 0. The summed E-state index contributed by atoms with van der Waals surface area (Å²) in [5, 5.41) is 12.8. The molecule has 0 bridgehead atoms. The third kappa shape index (κ3) is 3.44. The van der Waals surface area contributed by atoms with Crippen LogP contribution >= 0.6 is 0 Å². The summed E-state index contributed by atoms with van der Waals surface area (Å²) in [7, 11) is 0. The zero-order chi connectivity index (χ0) is 14.5. The molecule has 0 aliphatic heterocycles. The molecule has 0 atom stereocenters. The maximum atomic E-state index is 4.33. The first kappa shape index (κ1) is 13.7. The number of nitrogens with zero attached hydrogens (tertiary/aromatic N) is 4. The fraction of sp³-hybridized carbons (Fsp3) is 0.312. The van der Waals surface area contributed by atoms with Gasteiger partial charge in [-0.25, -0.2) is 4.68 Å². The van der Waals surface area contributed by atoms with E-state index in [0.29, 0.717) is 0 Å². The molecule has 1 N–H and O–H groups in total. The van der Waals surface area contributed by atoms with Crippen molar-refractivity contribution in [1.29, 1.82) is 0 Å². The highest BCUT2D eigenvalue weighted by Gasteiger charge is 2.02. The molecule has 5 nitrogen and oxygen atoms in total. The fourth-order valence-corrected chi connectivity index (χ4v) is 2.30. The van der Waals surface area contributed by atoms with Crippen LogP contribution in [0.25, 0.3) is 10.9 Å². The van der Waals surface area contributed by atoms with Crippen molar-refractivity contribution in [1.82, 2.24) is 25.3 Å². The van der Waals surface area contributed by atoms with E-state index in [1.54, 1.807) is 0 Å². The summed E-state index contributed by atoms with van der Waals surface area (Å²) < 4.78 is 1.88. The topological polar surface area (TPSA) is 55.6 Å². The van der Waals surface area contributed by atoms with Crippen LogP contribution in [0.1, 0.15) is 24.6 Å². The first-order chi connectivity index (χ1) is 10.3. The highest BCUT2D eigenvalue weighted by Crippen LogP contribution is 2.14. The number of rotatable bonds is 6. The molecule has 0 fully saturated rings. The van der Waals surface area contributed by atoms with Crippen molar-refractivity contribution in [2.24, 2.45) is 0 Å². The molecule has 1 aromatic carbocycles. The molecule has 0 spiro atoms. The Morgan fingerprint density at radius 2 is 2.19 bits per heavy atom. The Balaban J connectivity index is 1.70. The zero-order valence-corrected chi connectivity index (χ0v) is 12.2. The molecule has 0 unspecified atom stereocenters. The van der Waals surface area contributed by atoms with Gasteiger partial charge in [0.25, 0.3) is 0 Å². The smallest absolute Gasteiger partial charge is 0.0964 e. The Kier molecular flexibility index (Phi) is 4.21. The van der Waals surface area contributed by atoms with Crippen LogP contribution in [-0.2, 0) is 13.1 Å². The molecular weight excluding hydrogens is 262 g/mol. The van der Waals surface area contributed by atoms with Gasteiger partial charge in [-0.1, -0.05) is 24.3 Å². The Morgan fingerprint density at radius 3 is 3.10 bits per heavy atom. The van der Waals surface area contributed by atoms with E-state index in [1.165, 1.54) is 5.56 Å². The molecule has 3 aromatic rings. The molecule has 3 rings (SSSR count). The number of benzene rings is 1. The fourth-order valence-electron chi connectivity index (χ4n) is 2.30. The number of nitrogens with one attached hydrogen (secondary N) is 1. The minimum atomic E-state index is 0.728.